The summed E-state index contributed by atoms with van der Waals surface area (Å²) in [6.07, 6.45) is 2.54. The molecule has 33 heavy (non-hydrogen) atoms. The van der Waals surface area contributed by atoms with Gasteiger partial charge in [-0.15, -0.1) is 0 Å². The van der Waals surface area contributed by atoms with Gasteiger partial charge < -0.3 is 24.5 Å². The molecule has 0 atom stereocenters. The van der Waals surface area contributed by atoms with E-state index in [9.17, 15) is 9.90 Å². The summed E-state index contributed by atoms with van der Waals surface area (Å²) in [4.78, 5) is 12.1. The van der Waals surface area contributed by atoms with E-state index in [1.54, 1.807) is 14.2 Å². The molecule has 1 heterocycles. The topological polar surface area (TPSA) is 72.7 Å². The lowest BCUT2D eigenvalue weighted by atomic mass is 10.1. The number of aromatic carboxylic acids is 1. The molecule has 0 amide bonds. The van der Waals surface area contributed by atoms with Crippen molar-refractivity contribution >= 4 is 12.0 Å². The van der Waals surface area contributed by atoms with Crippen molar-refractivity contribution in [3.63, 3.8) is 0 Å². The number of carboxylic acid groups (broad SMARTS) is 1. The van der Waals surface area contributed by atoms with Crippen molar-refractivity contribution < 1.29 is 19.4 Å². The molecule has 3 aromatic rings. The molecule has 0 aliphatic rings. The number of ether oxygens (including phenoxy) is 2. The number of hydrogen-bond acceptors (Lipinski definition) is 4. The lowest BCUT2D eigenvalue weighted by Gasteiger charge is -2.12. The number of carboxylic acids is 1. The first-order valence-electron chi connectivity index (χ1n) is 10.9. The largest absolute Gasteiger partial charge is 0.497 e. The zero-order valence-corrected chi connectivity index (χ0v) is 19.8. The second kappa shape index (κ2) is 10.9. The molecule has 0 saturated heterocycles. The number of carbonyl (C=O) groups is 1. The molecule has 0 aliphatic carbocycles. The highest BCUT2D eigenvalue weighted by Crippen LogP contribution is 2.26. The highest BCUT2D eigenvalue weighted by molar-refractivity contribution is 5.91. The third kappa shape index (κ3) is 5.46. The van der Waals surface area contributed by atoms with Gasteiger partial charge in [0.1, 0.15) is 11.5 Å². The van der Waals surface area contributed by atoms with E-state index in [1.807, 2.05) is 50.3 Å². The Morgan fingerprint density at radius 3 is 2.42 bits per heavy atom. The first-order valence-corrected chi connectivity index (χ1v) is 10.9. The first kappa shape index (κ1) is 24.1. The lowest BCUT2D eigenvalue weighted by Crippen LogP contribution is -2.19. The highest BCUT2D eigenvalue weighted by atomic mass is 16.5. The molecule has 6 nitrogen and oxygen atoms in total. The molecule has 6 heteroatoms. The van der Waals surface area contributed by atoms with Crippen LogP contribution < -0.4 is 14.8 Å². The minimum Gasteiger partial charge on any atom is -0.497 e. The fraction of sp³-hybridized carbons (Fsp3) is 0.296. The molecule has 0 spiro atoms. The highest BCUT2D eigenvalue weighted by Gasteiger charge is 2.22. The van der Waals surface area contributed by atoms with Crippen molar-refractivity contribution in [1.82, 2.24) is 9.88 Å². The van der Waals surface area contributed by atoms with Gasteiger partial charge in [-0.05, 0) is 61.7 Å². The van der Waals surface area contributed by atoms with Crippen LogP contribution in [0.25, 0.3) is 6.08 Å². The summed E-state index contributed by atoms with van der Waals surface area (Å²) >= 11 is 0. The molecule has 1 aromatic heterocycles. The molecule has 0 saturated carbocycles. The van der Waals surface area contributed by atoms with Crippen LogP contribution in [0, 0.1) is 13.8 Å². The third-order valence-electron chi connectivity index (χ3n) is 6.04. The van der Waals surface area contributed by atoms with Gasteiger partial charge in [0.2, 0.25) is 0 Å². The summed E-state index contributed by atoms with van der Waals surface area (Å²) in [5.74, 6) is 0.690. The van der Waals surface area contributed by atoms with Crippen molar-refractivity contribution in [2.24, 2.45) is 0 Å². The Hall–Kier alpha value is -3.51. The van der Waals surface area contributed by atoms with Gasteiger partial charge >= 0.3 is 5.97 Å². The summed E-state index contributed by atoms with van der Waals surface area (Å²) in [6, 6.07) is 13.9. The Morgan fingerprint density at radius 2 is 1.82 bits per heavy atom. The van der Waals surface area contributed by atoms with Crippen LogP contribution >= 0.6 is 0 Å². The van der Waals surface area contributed by atoms with E-state index in [1.165, 1.54) is 0 Å². The number of hydrogen-bond donors (Lipinski definition) is 2. The van der Waals surface area contributed by atoms with Crippen molar-refractivity contribution in [3.8, 4) is 11.5 Å². The van der Waals surface area contributed by atoms with Crippen LogP contribution in [0.5, 0.6) is 11.5 Å². The number of methoxy groups -OCH3 is 2. The molecule has 0 radical (unpaired) electrons. The van der Waals surface area contributed by atoms with Crippen LogP contribution in [0.15, 0.2) is 49.0 Å². The summed E-state index contributed by atoms with van der Waals surface area (Å²) in [7, 11) is 3.29. The minimum atomic E-state index is -0.900. The van der Waals surface area contributed by atoms with Crippen LogP contribution in [0.2, 0.25) is 0 Å². The minimum absolute atomic E-state index is 0.377. The van der Waals surface area contributed by atoms with E-state index in [-0.39, 0.29) is 0 Å². The van der Waals surface area contributed by atoms with Crippen molar-refractivity contribution in [2.45, 2.75) is 33.4 Å². The van der Waals surface area contributed by atoms with Crippen LogP contribution in [-0.2, 0) is 19.5 Å². The molecular formula is C27H32N2O4. The lowest BCUT2D eigenvalue weighted by molar-refractivity contribution is 0.0694. The van der Waals surface area contributed by atoms with E-state index < -0.39 is 5.97 Å². The monoisotopic (exact) mass is 448 g/mol. The summed E-state index contributed by atoms with van der Waals surface area (Å²) in [5, 5.41) is 13.3. The molecule has 3 rings (SSSR count). The van der Waals surface area contributed by atoms with Gasteiger partial charge in [0.05, 0.1) is 19.8 Å². The van der Waals surface area contributed by atoms with Gasteiger partial charge in [-0.3, -0.25) is 0 Å². The standard InChI is InChI=1S/C27H32N2O4/c1-6-20-7-9-21(10-8-20)17-29-18(2)24(26(19(29)3)27(30)31)16-28-14-13-22-15-23(32-4)11-12-25(22)33-5/h6-12,15,28H,1,13-14,16-17H2,2-5H3,(H,30,31). The van der Waals surface area contributed by atoms with Crippen molar-refractivity contribution in [3.05, 3.63) is 88.2 Å². The molecule has 0 bridgehead atoms. The molecular weight excluding hydrogens is 416 g/mol. The van der Waals surface area contributed by atoms with E-state index in [4.69, 9.17) is 9.47 Å². The van der Waals surface area contributed by atoms with Crippen LogP contribution in [0.4, 0.5) is 0 Å². The molecule has 0 fully saturated rings. The van der Waals surface area contributed by atoms with E-state index in [0.717, 1.165) is 51.6 Å². The Morgan fingerprint density at radius 1 is 1.09 bits per heavy atom. The number of nitrogens with zero attached hydrogens (tertiary/aromatic N) is 1. The average Bonchev–Trinajstić information content (AvgIpc) is 3.06. The SMILES string of the molecule is C=Cc1ccc(Cn2c(C)c(CNCCc3cc(OC)ccc3OC)c(C(=O)O)c2C)cc1. The summed E-state index contributed by atoms with van der Waals surface area (Å²) < 4.78 is 12.8. The quantitative estimate of drug-likeness (QED) is 0.411. The maximum Gasteiger partial charge on any atom is 0.337 e. The normalized spacial score (nSPS) is 10.8. The van der Waals surface area contributed by atoms with E-state index in [2.05, 4.69) is 28.6 Å². The third-order valence-corrected chi connectivity index (χ3v) is 6.04. The van der Waals surface area contributed by atoms with Crippen LogP contribution in [-0.4, -0.2) is 36.4 Å². The smallest absolute Gasteiger partial charge is 0.337 e. The van der Waals surface area contributed by atoms with Gasteiger partial charge in [-0.1, -0.05) is 36.9 Å². The van der Waals surface area contributed by atoms with Crippen molar-refractivity contribution in [2.75, 3.05) is 20.8 Å². The van der Waals surface area contributed by atoms with Crippen LogP contribution in [0.3, 0.4) is 0 Å². The molecule has 2 N–H and O–H groups in total. The molecule has 2 aromatic carbocycles. The average molecular weight is 449 g/mol. The summed E-state index contributed by atoms with van der Waals surface area (Å²) in [6.45, 7) is 9.42. The predicted octanol–water partition coefficient (Wildman–Crippen LogP) is 4.84. The summed E-state index contributed by atoms with van der Waals surface area (Å²) in [5.41, 5.74) is 6.13. The Balaban J connectivity index is 1.75. The van der Waals surface area contributed by atoms with Gasteiger partial charge in [-0.25, -0.2) is 4.79 Å². The fourth-order valence-corrected chi connectivity index (χ4v) is 4.14. The zero-order chi connectivity index (χ0) is 24.0. The number of aromatic nitrogens is 1. The zero-order valence-electron chi connectivity index (χ0n) is 19.8. The van der Waals surface area contributed by atoms with Gasteiger partial charge in [0.25, 0.3) is 0 Å². The van der Waals surface area contributed by atoms with Crippen LogP contribution in [0.1, 0.15) is 44.0 Å². The maximum absolute atomic E-state index is 12.1. The van der Waals surface area contributed by atoms with E-state index in [0.29, 0.717) is 25.2 Å². The van der Waals surface area contributed by atoms with Crippen molar-refractivity contribution in [1.29, 1.82) is 0 Å². The van der Waals surface area contributed by atoms with Gasteiger partial charge in [-0.2, -0.15) is 0 Å². The first-order chi connectivity index (χ1) is 15.9. The molecule has 174 valence electrons. The predicted molar refractivity (Wildman–Crippen MR) is 131 cm³/mol. The number of rotatable bonds is 11. The Kier molecular flexibility index (Phi) is 7.96. The Labute approximate surface area is 195 Å². The molecule has 0 aliphatic heterocycles. The van der Waals surface area contributed by atoms with Gasteiger partial charge in [0, 0.05) is 30.0 Å². The Bertz CT molecular complexity index is 1130. The maximum atomic E-state index is 12.1. The fourth-order valence-electron chi connectivity index (χ4n) is 4.14. The van der Waals surface area contributed by atoms with Gasteiger partial charge in [0.15, 0.2) is 0 Å². The number of nitrogens with one attached hydrogen (secondary N) is 1. The van der Waals surface area contributed by atoms with E-state index >= 15 is 0 Å². The molecule has 0 unspecified atom stereocenters. The number of benzene rings is 2. The second-order valence-corrected chi connectivity index (χ2v) is 7.97. The second-order valence-electron chi connectivity index (χ2n) is 7.97.